The second-order valence-electron chi connectivity index (χ2n) is 8.09. The van der Waals surface area contributed by atoms with Crippen LogP contribution in [0.4, 0.5) is 0 Å². The van der Waals surface area contributed by atoms with Gasteiger partial charge in [0.25, 0.3) is 0 Å². The molecule has 1 aliphatic heterocycles. The zero-order chi connectivity index (χ0) is 16.8. The standard InChI is InChI=1S/C20H34N2O2/c23-19(13-12-16-8-3-4-9-16)22-15-6-2-1-5-14-21-20(24)17-10-7-11-18(17)22/h16-18H,1-15H2,(H,21,24). The minimum absolute atomic E-state index is 0.0264. The minimum Gasteiger partial charge on any atom is -0.356 e. The molecule has 0 bridgehead atoms. The molecule has 3 rings (SSSR count). The fraction of sp³-hybridized carbons (Fsp3) is 0.900. The summed E-state index contributed by atoms with van der Waals surface area (Å²) in [5, 5.41) is 3.11. The molecule has 2 aliphatic carbocycles. The summed E-state index contributed by atoms with van der Waals surface area (Å²) in [6.07, 6.45) is 14.6. The summed E-state index contributed by atoms with van der Waals surface area (Å²) in [4.78, 5) is 27.6. The fourth-order valence-electron chi connectivity index (χ4n) is 4.97. The van der Waals surface area contributed by atoms with Crippen molar-refractivity contribution >= 4 is 11.8 Å². The lowest BCUT2D eigenvalue weighted by molar-refractivity contribution is -0.136. The van der Waals surface area contributed by atoms with Gasteiger partial charge in [-0.2, -0.15) is 0 Å². The predicted octanol–water partition coefficient (Wildman–Crippen LogP) is 3.64. The van der Waals surface area contributed by atoms with Gasteiger partial charge in [0.15, 0.2) is 0 Å². The first-order valence-electron chi connectivity index (χ1n) is 10.3. The molecule has 4 nitrogen and oxygen atoms in total. The molecule has 2 amide bonds. The van der Waals surface area contributed by atoms with E-state index in [1.807, 2.05) is 0 Å². The van der Waals surface area contributed by atoms with E-state index < -0.39 is 0 Å². The van der Waals surface area contributed by atoms with Crippen molar-refractivity contribution in [3.8, 4) is 0 Å². The van der Waals surface area contributed by atoms with E-state index in [1.165, 1.54) is 32.1 Å². The summed E-state index contributed by atoms with van der Waals surface area (Å²) in [5.74, 6) is 1.29. The van der Waals surface area contributed by atoms with E-state index >= 15 is 0 Å². The van der Waals surface area contributed by atoms with E-state index in [2.05, 4.69) is 10.2 Å². The van der Waals surface area contributed by atoms with Crippen LogP contribution in [-0.4, -0.2) is 35.8 Å². The summed E-state index contributed by atoms with van der Waals surface area (Å²) >= 11 is 0. The molecule has 3 aliphatic rings. The number of rotatable bonds is 3. The Labute approximate surface area is 146 Å². The lowest BCUT2D eigenvalue weighted by Crippen LogP contribution is -2.47. The Balaban J connectivity index is 1.63. The van der Waals surface area contributed by atoms with Gasteiger partial charge < -0.3 is 10.2 Å². The highest BCUT2D eigenvalue weighted by Crippen LogP contribution is 2.33. The minimum atomic E-state index is 0.0264. The quantitative estimate of drug-likeness (QED) is 0.856. The highest BCUT2D eigenvalue weighted by atomic mass is 16.2. The number of carbonyl (C=O) groups is 2. The lowest BCUT2D eigenvalue weighted by Gasteiger charge is -2.33. The van der Waals surface area contributed by atoms with E-state index in [4.69, 9.17) is 0 Å². The number of nitrogens with one attached hydrogen (secondary N) is 1. The molecule has 1 N–H and O–H groups in total. The van der Waals surface area contributed by atoms with Crippen LogP contribution in [0.5, 0.6) is 0 Å². The summed E-state index contributed by atoms with van der Waals surface area (Å²) in [5.41, 5.74) is 0. The number of nitrogens with zero attached hydrogens (tertiary/aromatic N) is 1. The van der Waals surface area contributed by atoms with Gasteiger partial charge in [-0.25, -0.2) is 0 Å². The molecule has 1 saturated heterocycles. The smallest absolute Gasteiger partial charge is 0.225 e. The van der Waals surface area contributed by atoms with E-state index in [1.54, 1.807) is 0 Å². The van der Waals surface area contributed by atoms with Gasteiger partial charge in [0.05, 0.1) is 5.92 Å². The number of amides is 2. The predicted molar refractivity (Wildman–Crippen MR) is 95.5 cm³/mol. The topological polar surface area (TPSA) is 49.4 Å². The fourth-order valence-corrected chi connectivity index (χ4v) is 4.97. The SMILES string of the molecule is O=C1NCCCCCCN(C(=O)CCC2CCCC2)C2CCCC12. The highest BCUT2D eigenvalue weighted by molar-refractivity contribution is 5.82. The Morgan fingerprint density at radius 2 is 1.75 bits per heavy atom. The van der Waals surface area contributed by atoms with Crippen LogP contribution in [0.15, 0.2) is 0 Å². The van der Waals surface area contributed by atoms with Crippen molar-refractivity contribution in [1.82, 2.24) is 10.2 Å². The second-order valence-corrected chi connectivity index (χ2v) is 8.09. The average molecular weight is 335 g/mol. The molecular formula is C20H34N2O2. The number of hydrogen-bond donors (Lipinski definition) is 1. The maximum Gasteiger partial charge on any atom is 0.225 e. The molecule has 0 aromatic rings. The molecule has 0 aromatic carbocycles. The third-order valence-electron chi connectivity index (χ3n) is 6.40. The average Bonchev–Trinajstić information content (AvgIpc) is 3.25. The Morgan fingerprint density at radius 1 is 0.958 bits per heavy atom. The number of hydrogen-bond acceptors (Lipinski definition) is 2. The number of carbonyl (C=O) groups excluding carboxylic acids is 2. The van der Waals surface area contributed by atoms with Gasteiger partial charge in [-0.15, -0.1) is 0 Å². The molecule has 3 fully saturated rings. The van der Waals surface area contributed by atoms with Gasteiger partial charge in [0.1, 0.15) is 0 Å². The van der Waals surface area contributed by atoms with Crippen molar-refractivity contribution in [2.75, 3.05) is 13.1 Å². The molecule has 0 radical (unpaired) electrons. The van der Waals surface area contributed by atoms with Crippen molar-refractivity contribution < 1.29 is 9.59 Å². The van der Waals surface area contributed by atoms with Crippen molar-refractivity contribution in [3.05, 3.63) is 0 Å². The molecule has 2 atom stereocenters. The van der Waals surface area contributed by atoms with Crippen LogP contribution in [0.2, 0.25) is 0 Å². The van der Waals surface area contributed by atoms with Crippen LogP contribution in [0.3, 0.4) is 0 Å². The van der Waals surface area contributed by atoms with E-state index in [0.29, 0.717) is 12.3 Å². The normalized spacial score (nSPS) is 29.8. The largest absolute Gasteiger partial charge is 0.356 e. The van der Waals surface area contributed by atoms with Crippen molar-refractivity contribution in [2.45, 2.75) is 89.5 Å². The molecule has 0 aromatic heterocycles. The maximum atomic E-state index is 12.9. The van der Waals surface area contributed by atoms with Crippen LogP contribution in [0.25, 0.3) is 0 Å². The first-order valence-corrected chi connectivity index (χ1v) is 10.3. The Morgan fingerprint density at radius 3 is 2.58 bits per heavy atom. The summed E-state index contributed by atoms with van der Waals surface area (Å²) in [7, 11) is 0. The van der Waals surface area contributed by atoms with Crippen LogP contribution in [0, 0.1) is 11.8 Å². The molecule has 0 spiro atoms. The van der Waals surface area contributed by atoms with E-state index in [-0.39, 0.29) is 17.9 Å². The van der Waals surface area contributed by atoms with Crippen LogP contribution < -0.4 is 5.32 Å². The molecular weight excluding hydrogens is 300 g/mol. The molecule has 1 heterocycles. The zero-order valence-corrected chi connectivity index (χ0v) is 15.1. The Hall–Kier alpha value is -1.06. The summed E-state index contributed by atoms with van der Waals surface area (Å²) in [6, 6.07) is 0.152. The number of fused-ring (bicyclic) bond motifs is 1. The van der Waals surface area contributed by atoms with Crippen LogP contribution in [-0.2, 0) is 9.59 Å². The van der Waals surface area contributed by atoms with Crippen molar-refractivity contribution in [3.63, 3.8) is 0 Å². The van der Waals surface area contributed by atoms with Crippen LogP contribution in [0.1, 0.15) is 83.5 Å². The van der Waals surface area contributed by atoms with Gasteiger partial charge in [0.2, 0.25) is 11.8 Å². The van der Waals surface area contributed by atoms with Gasteiger partial charge in [-0.1, -0.05) is 44.9 Å². The first-order chi connectivity index (χ1) is 11.8. The van der Waals surface area contributed by atoms with Gasteiger partial charge in [-0.3, -0.25) is 9.59 Å². The van der Waals surface area contributed by atoms with Gasteiger partial charge in [-0.05, 0) is 38.0 Å². The maximum absolute atomic E-state index is 12.9. The van der Waals surface area contributed by atoms with Gasteiger partial charge in [0, 0.05) is 25.6 Å². The molecule has 24 heavy (non-hydrogen) atoms. The van der Waals surface area contributed by atoms with Gasteiger partial charge >= 0.3 is 0 Å². The summed E-state index contributed by atoms with van der Waals surface area (Å²) in [6.45, 7) is 1.66. The Kier molecular flexibility index (Phi) is 6.56. The highest BCUT2D eigenvalue weighted by Gasteiger charge is 2.38. The van der Waals surface area contributed by atoms with Crippen molar-refractivity contribution in [1.29, 1.82) is 0 Å². The first kappa shape index (κ1) is 17.8. The van der Waals surface area contributed by atoms with E-state index in [9.17, 15) is 9.59 Å². The van der Waals surface area contributed by atoms with Crippen molar-refractivity contribution in [2.24, 2.45) is 11.8 Å². The third kappa shape index (κ3) is 4.52. The zero-order valence-electron chi connectivity index (χ0n) is 15.1. The third-order valence-corrected chi connectivity index (χ3v) is 6.40. The van der Waals surface area contributed by atoms with E-state index in [0.717, 1.165) is 64.0 Å². The summed E-state index contributed by atoms with van der Waals surface area (Å²) < 4.78 is 0. The molecule has 136 valence electrons. The molecule has 2 saturated carbocycles. The Bertz CT molecular complexity index is 431. The van der Waals surface area contributed by atoms with Crippen LogP contribution >= 0.6 is 0 Å². The monoisotopic (exact) mass is 334 g/mol. The molecule has 4 heteroatoms. The molecule has 2 unspecified atom stereocenters. The second kappa shape index (κ2) is 8.87. The lowest BCUT2D eigenvalue weighted by atomic mass is 9.98.